The number of allylic oxidation sites excluding steroid dienone is 1. The van der Waals surface area contributed by atoms with Crippen molar-refractivity contribution in [2.75, 3.05) is 6.54 Å². The largest absolute Gasteiger partial charge is 0.309 e. The molecule has 86 valence electrons. The zero-order valence-electron chi connectivity index (χ0n) is 10.7. The molecule has 1 N–H and O–H groups in total. The van der Waals surface area contributed by atoms with Gasteiger partial charge in [0.15, 0.2) is 0 Å². The van der Waals surface area contributed by atoms with Crippen LogP contribution < -0.4 is 10.8 Å². The third kappa shape index (κ3) is 5.17. The van der Waals surface area contributed by atoms with Gasteiger partial charge in [-0.25, -0.2) is 0 Å². The molecule has 1 aromatic rings. The van der Waals surface area contributed by atoms with Crippen LogP contribution in [0.1, 0.15) is 25.8 Å². The summed E-state index contributed by atoms with van der Waals surface area (Å²) < 4.78 is 0. The van der Waals surface area contributed by atoms with E-state index < -0.39 is 0 Å². The third-order valence-corrected chi connectivity index (χ3v) is 2.78. The molecule has 16 heavy (non-hydrogen) atoms. The van der Waals surface area contributed by atoms with E-state index in [1.165, 1.54) is 17.4 Å². The van der Waals surface area contributed by atoms with Gasteiger partial charge in [0.2, 0.25) is 0 Å². The molecule has 0 radical (unpaired) electrons. The van der Waals surface area contributed by atoms with E-state index in [2.05, 4.69) is 63.4 Å². The van der Waals surface area contributed by atoms with E-state index in [-0.39, 0.29) is 0 Å². The lowest BCUT2D eigenvalue weighted by Gasteiger charge is -2.04. The molecule has 1 atom stereocenters. The predicted octanol–water partition coefficient (Wildman–Crippen LogP) is 1.64. The minimum atomic E-state index is 0.695. The van der Waals surface area contributed by atoms with Crippen LogP contribution in [0.25, 0.3) is 0 Å². The lowest BCUT2D eigenvalue weighted by atomic mass is 9.94. The molecule has 0 aliphatic heterocycles. The number of rotatable bonds is 6. The highest BCUT2D eigenvalue weighted by Crippen LogP contribution is 2.01. The van der Waals surface area contributed by atoms with Gasteiger partial charge in [0.1, 0.15) is 7.85 Å². The highest BCUT2D eigenvalue weighted by Gasteiger charge is 1.92. The van der Waals surface area contributed by atoms with E-state index in [9.17, 15) is 0 Å². The fraction of sp³-hybridized carbons (Fsp3) is 0.429. The molecule has 1 rings (SSSR count). The molecule has 0 aromatic heterocycles. The SMILES string of the molecule is Bc1cccc(CNC/C=C/C(C)CC)c1. The monoisotopic (exact) mass is 215 g/mol. The fourth-order valence-electron chi connectivity index (χ4n) is 1.56. The molecule has 0 amide bonds. The highest BCUT2D eigenvalue weighted by molar-refractivity contribution is 6.32. The summed E-state index contributed by atoms with van der Waals surface area (Å²) in [6.45, 7) is 6.37. The number of benzene rings is 1. The van der Waals surface area contributed by atoms with Gasteiger partial charge in [-0.05, 0) is 11.5 Å². The van der Waals surface area contributed by atoms with Crippen molar-refractivity contribution in [2.45, 2.75) is 26.8 Å². The molecule has 0 heterocycles. The Balaban J connectivity index is 2.23. The lowest BCUT2D eigenvalue weighted by Crippen LogP contribution is -2.14. The van der Waals surface area contributed by atoms with Crippen LogP contribution in [0.4, 0.5) is 0 Å². The first-order valence-electron chi connectivity index (χ1n) is 6.15. The number of hydrogen-bond donors (Lipinski definition) is 1. The third-order valence-electron chi connectivity index (χ3n) is 2.78. The van der Waals surface area contributed by atoms with E-state index in [1.54, 1.807) is 0 Å². The molecule has 0 bridgehead atoms. The van der Waals surface area contributed by atoms with Gasteiger partial charge in [0.25, 0.3) is 0 Å². The number of nitrogens with one attached hydrogen (secondary N) is 1. The molecular weight excluding hydrogens is 193 g/mol. The Hall–Kier alpha value is -1.02. The van der Waals surface area contributed by atoms with Crippen molar-refractivity contribution >= 4 is 13.3 Å². The normalized spacial score (nSPS) is 13.1. The predicted molar refractivity (Wildman–Crippen MR) is 74.9 cm³/mol. The van der Waals surface area contributed by atoms with Crippen LogP contribution in [0.2, 0.25) is 0 Å². The minimum Gasteiger partial charge on any atom is -0.309 e. The zero-order chi connectivity index (χ0) is 11.8. The van der Waals surface area contributed by atoms with Crippen molar-refractivity contribution in [1.29, 1.82) is 0 Å². The second kappa shape index (κ2) is 7.29. The van der Waals surface area contributed by atoms with Gasteiger partial charge in [-0.3, -0.25) is 0 Å². The molecule has 0 aliphatic carbocycles. The average molecular weight is 215 g/mol. The first-order valence-corrected chi connectivity index (χ1v) is 6.15. The minimum absolute atomic E-state index is 0.695. The van der Waals surface area contributed by atoms with Crippen molar-refractivity contribution < 1.29 is 0 Å². The summed E-state index contributed by atoms with van der Waals surface area (Å²) in [7, 11) is 2.13. The summed E-state index contributed by atoms with van der Waals surface area (Å²) in [5, 5.41) is 3.42. The lowest BCUT2D eigenvalue weighted by molar-refractivity contribution is 0.689. The van der Waals surface area contributed by atoms with Gasteiger partial charge < -0.3 is 5.32 Å². The smallest absolute Gasteiger partial charge is 0.139 e. The Kier molecular flexibility index (Phi) is 5.95. The van der Waals surface area contributed by atoms with Gasteiger partial charge in [-0.2, -0.15) is 0 Å². The molecule has 2 heteroatoms. The van der Waals surface area contributed by atoms with Crippen LogP contribution in [0.15, 0.2) is 36.4 Å². The average Bonchev–Trinajstić information content (AvgIpc) is 2.28. The molecule has 1 unspecified atom stereocenters. The Morgan fingerprint density at radius 3 is 2.94 bits per heavy atom. The van der Waals surface area contributed by atoms with Crippen molar-refractivity contribution in [3.63, 3.8) is 0 Å². The second-order valence-electron chi connectivity index (χ2n) is 4.43. The van der Waals surface area contributed by atoms with Gasteiger partial charge in [0, 0.05) is 13.1 Å². The maximum atomic E-state index is 3.42. The van der Waals surface area contributed by atoms with E-state index in [0.717, 1.165) is 13.1 Å². The fourth-order valence-corrected chi connectivity index (χ4v) is 1.56. The Labute approximate surface area is 100 Å². The van der Waals surface area contributed by atoms with Crippen molar-refractivity contribution in [3.05, 3.63) is 42.0 Å². The number of hydrogen-bond acceptors (Lipinski definition) is 1. The summed E-state index contributed by atoms with van der Waals surface area (Å²) in [5.74, 6) is 0.695. The molecule has 0 fully saturated rings. The van der Waals surface area contributed by atoms with Crippen LogP contribution >= 0.6 is 0 Å². The van der Waals surface area contributed by atoms with Gasteiger partial charge in [0.05, 0.1) is 0 Å². The quantitative estimate of drug-likeness (QED) is 0.432. The zero-order valence-corrected chi connectivity index (χ0v) is 10.7. The van der Waals surface area contributed by atoms with Gasteiger partial charge >= 0.3 is 0 Å². The Morgan fingerprint density at radius 2 is 2.25 bits per heavy atom. The Bertz CT molecular complexity index is 333. The van der Waals surface area contributed by atoms with Gasteiger partial charge in [-0.15, -0.1) is 0 Å². The van der Waals surface area contributed by atoms with E-state index >= 15 is 0 Å². The highest BCUT2D eigenvalue weighted by atomic mass is 14.8. The van der Waals surface area contributed by atoms with Crippen molar-refractivity contribution in [2.24, 2.45) is 5.92 Å². The van der Waals surface area contributed by atoms with Crippen LogP contribution in [0.3, 0.4) is 0 Å². The summed E-state index contributed by atoms with van der Waals surface area (Å²) >= 11 is 0. The van der Waals surface area contributed by atoms with Crippen LogP contribution in [-0.4, -0.2) is 14.4 Å². The first kappa shape index (κ1) is 13.1. The topological polar surface area (TPSA) is 12.0 Å². The van der Waals surface area contributed by atoms with E-state index in [1.807, 2.05) is 0 Å². The summed E-state index contributed by atoms with van der Waals surface area (Å²) in [5.41, 5.74) is 2.69. The second-order valence-corrected chi connectivity index (χ2v) is 4.43. The van der Waals surface area contributed by atoms with Crippen molar-refractivity contribution in [3.8, 4) is 0 Å². The summed E-state index contributed by atoms with van der Waals surface area (Å²) in [6, 6.07) is 8.64. The molecular formula is C14H22BN. The molecule has 0 saturated carbocycles. The summed E-state index contributed by atoms with van der Waals surface area (Å²) in [4.78, 5) is 0. The Morgan fingerprint density at radius 1 is 1.44 bits per heavy atom. The van der Waals surface area contributed by atoms with Crippen LogP contribution in [-0.2, 0) is 6.54 Å². The molecule has 1 aromatic carbocycles. The van der Waals surface area contributed by atoms with Crippen LogP contribution in [0.5, 0.6) is 0 Å². The molecule has 0 spiro atoms. The molecule has 0 saturated heterocycles. The van der Waals surface area contributed by atoms with Crippen molar-refractivity contribution in [1.82, 2.24) is 5.32 Å². The molecule has 1 nitrogen and oxygen atoms in total. The summed E-state index contributed by atoms with van der Waals surface area (Å²) in [6.07, 6.45) is 5.72. The van der Waals surface area contributed by atoms with E-state index in [4.69, 9.17) is 0 Å². The van der Waals surface area contributed by atoms with E-state index in [0.29, 0.717) is 5.92 Å². The van der Waals surface area contributed by atoms with Gasteiger partial charge in [-0.1, -0.05) is 62.1 Å². The first-order chi connectivity index (χ1) is 7.72. The maximum Gasteiger partial charge on any atom is 0.139 e. The standard InChI is InChI=1S/C14H22BN/c1-3-12(2)6-5-9-16-11-13-7-4-8-14(15)10-13/h4-8,10,12,16H,3,9,11,15H2,1-2H3/b6-5+. The molecule has 0 aliphatic rings. The maximum absolute atomic E-state index is 3.42. The van der Waals surface area contributed by atoms with Crippen LogP contribution in [0, 0.1) is 5.92 Å².